The fourth-order valence-corrected chi connectivity index (χ4v) is 17.0. The van der Waals surface area contributed by atoms with Gasteiger partial charge in [-0.15, -0.1) is 11.8 Å². The number of methoxy groups -OCH3 is 1. The number of fused-ring (bicyclic) bond motifs is 4. The molecule has 0 bridgehead atoms. The molecule has 0 aliphatic carbocycles. The molecule has 3 aromatic carbocycles. The van der Waals surface area contributed by atoms with Crippen molar-refractivity contribution in [3.05, 3.63) is 102 Å². The van der Waals surface area contributed by atoms with Crippen molar-refractivity contribution in [2.24, 2.45) is 17.2 Å². The van der Waals surface area contributed by atoms with Crippen molar-refractivity contribution < 1.29 is 116 Å². The number of ether oxygens (including phenoxy) is 1. The minimum absolute atomic E-state index is 0.0398. The molecule has 0 saturated carbocycles. The Morgan fingerprint density at radius 2 is 1.01 bits per heavy atom. The van der Waals surface area contributed by atoms with Crippen LogP contribution in [0.5, 0.6) is 5.75 Å². The maximum absolute atomic E-state index is 15.8. The summed E-state index contributed by atoms with van der Waals surface area (Å²) in [6.45, 7) is 2.26. The van der Waals surface area contributed by atoms with Gasteiger partial charge in [-0.1, -0.05) is 88.1 Å². The molecule has 16 amide bonds. The van der Waals surface area contributed by atoms with E-state index in [4.69, 9.17) is 21.9 Å². The maximum Gasteiger partial charge on any atom is 0.305 e. The quantitative estimate of drug-likeness (QED) is 0.0245. The number of para-hydroxylation sites is 2. The van der Waals surface area contributed by atoms with Crippen LogP contribution in [0.15, 0.2) is 85.2 Å². The van der Waals surface area contributed by atoms with E-state index in [1.165, 1.54) is 35.2 Å². The van der Waals surface area contributed by atoms with Crippen LogP contribution in [0.4, 0.5) is 0 Å². The van der Waals surface area contributed by atoms with Crippen molar-refractivity contribution in [3.63, 3.8) is 0 Å². The van der Waals surface area contributed by atoms with Crippen LogP contribution >= 0.6 is 11.8 Å². The molecule has 0 radical (unpaired) electrons. The molecule has 724 valence electrons. The number of hydrogen-bond donors (Lipinski definition) is 19. The van der Waals surface area contributed by atoms with Gasteiger partial charge < -0.3 is 130 Å². The number of unbranched alkanes of at least 4 members (excludes halogenated alkanes) is 2. The standard InChI is InChI=1S/C88H122N20O24S/c1-8-10-21-66-81(124)97-57(28-30-72(112)113)77(120)103-65(76(119)94-43-70(91)110)45-133-46-71(111)95-61(35-48-24-26-52(132-7)27-25-48)84(127)104(4)47(3)75(118)100-63(39-74(116)117)87(130)107-34-16-23-67(107)82(125)102-64(40-90)80(123)98-59(29-31-73(114)115)86(129)108-44-51(109)38-69(108)83(126)99-60(36-49-41-92-55-19-14-12-17-53(49)55)79(122)96-58(32-33-89)78(121)101-62(37-50-42-93-56-20-15-13-18-54(50)56)85(128)106(6)68(22-11-9-2)88(131)105(66)5/h12-15,17-20,24-27,41-42,47,51,57-69,92-93,109H,8-11,16,21-23,28-40,43-46,89-90H2,1-7H3,(H2,91,110)(H,94,119)(H,95,111)(H,96,122)(H,97,124)(H,98,123)(H,99,126)(H,100,118)(H,101,121)(H,102,125)(H,103,120)(H,112,113)(H,114,115)(H,116,117)/t47-,51+,57?,58-,59-,60-,61-,62-,63-,64-,65-,66-,67-,68-,69-/m0/s1. The van der Waals surface area contributed by atoms with Gasteiger partial charge in [0.25, 0.3) is 0 Å². The number of rotatable bonds is 27. The Labute approximate surface area is 770 Å². The number of benzene rings is 3. The summed E-state index contributed by atoms with van der Waals surface area (Å²) in [7, 11) is 5.19. The lowest BCUT2D eigenvalue weighted by atomic mass is 9.99. The van der Waals surface area contributed by atoms with Crippen LogP contribution in [0, 0.1) is 0 Å². The Balaban J connectivity index is 1.20. The number of aromatic nitrogens is 2. The van der Waals surface area contributed by atoms with Crippen LogP contribution in [0.2, 0.25) is 0 Å². The van der Waals surface area contributed by atoms with Crippen LogP contribution in [-0.2, 0) is 110 Å². The van der Waals surface area contributed by atoms with Gasteiger partial charge in [0.15, 0.2) is 0 Å². The summed E-state index contributed by atoms with van der Waals surface area (Å²) in [5, 5.41) is 68.2. The highest BCUT2D eigenvalue weighted by Crippen LogP contribution is 2.28. The second kappa shape index (κ2) is 50.4. The number of nitrogens with zero attached hydrogens (tertiary/aromatic N) is 5. The number of carboxylic acids is 3. The molecule has 15 atom stereocenters. The first-order valence-electron chi connectivity index (χ1n) is 44.1. The number of amides is 16. The SMILES string of the molecule is CCCC[C@H]1C(=O)N(C)[C@@H](CCCC)C(=O)NC(CCC(=O)O)C(=O)N[C@H](C(=O)NCC(N)=O)CSCC(=O)N[C@@H](Cc2ccc(OC)cc2)C(=O)N(C)[C@@H](C)C(=O)N[C@@H](CC(=O)O)C(=O)N2CCC[C@H]2C(=O)N[C@@H](CN)C(=O)N[C@@H](CCC(=O)O)C(=O)N2C[C@H](O)C[C@H]2C(=O)N[C@@H](Cc2c[nH]c3ccccc23)C(=O)N[C@@H](CCN)C(=O)N[C@@H](Cc2c[nH]c3ccccc23)C(=O)N1C. The third kappa shape index (κ3) is 29.3. The predicted octanol–water partition coefficient (Wildman–Crippen LogP) is -3.26. The molecule has 133 heavy (non-hydrogen) atoms. The number of carbonyl (C=O) groups is 19. The number of aliphatic carboxylic acids is 3. The summed E-state index contributed by atoms with van der Waals surface area (Å²) in [5.74, 6) is -21.5. The number of carboxylic acid groups (broad SMARTS) is 3. The second-order valence-corrected chi connectivity index (χ2v) is 34.2. The van der Waals surface area contributed by atoms with Crippen molar-refractivity contribution in [1.29, 1.82) is 0 Å². The van der Waals surface area contributed by atoms with Crippen LogP contribution in [0.3, 0.4) is 0 Å². The van der Waals surface area contributed by atoms with Crippen molar-refractivity contribution in [3.8, 4) is 5.75 Å². The highest BCUT2D eigenvalue weighted by atomic mass is 32.2. The lowest BCUT2D eigenvalue weighted by Crippen LogP contribution is -2.61. The fourth-order valence-electron chi connectivity index (χ4n) is 16.1. The first kappa shape index (κ1) is 105. The molecule has 5 aromatic rings. The number of carbonyl (C=O) groups excluding carboxylic acids is 16. The van der Waals surface area contributed by atoms with Gasteiger partial charge in [-0.2, -0.15) is 0 Å². The van der Waals surface area contributed by atoms with E-state index in [-0.39, 0.29) is 70.9 Å². The van der Waals surface area contributed by atoms with Crippen molar-refractivity contribution in [1.82, 2.24) is 87.6 Å². The van der Waals surface area contributed by atoms with Crippen LogP contribution < -0.4 is 75.1 Å². The van der Waals surface area contributed by atoms with Crippen molar-refractivity contribution in [2.45, 2.75) is 227 Å². The third-order valence-electron chi connectivity index (χ3n) is 23.6. The number of likely N-dealkylation sites (N-methyl/N-ethyl adjacent to an activating group) is 3. The number of thioether (sulfide) groups is 1. The highest BCUT2D eigenvalue weighted by Gasteiger charge is 2.47. The van der Waals surface area contributed by atoms with Gasteiger partial charge in [0, 0.05) is 119 Å². The van der Waals surface area contributed by atoms with Gasteiger partial charge >= 0.3 is 17.9 Å². The monoisotopic (exact) mass is 1870 g/mol. The fraction of sp³-hybridized carbons (Fsp3) is 0.534. The molecule has 3 aliphatic rings. The summed E-state index contributed by atoms with van der Waals surface area (Å²) in [5.41, 5.74) is 20.4. The first-order valence-corrected chi connectivity index (χ1v) is 45.2. The van der Waals surface area contributed by atoms with Crippen LogP contribution in [-0.4, -0.2) is 330 Å². The summed E-state index contributed by atoms with van der Waals surface area (Å²) in [6.07, 6.45) is -2.51. The second-order valence-electron chi connectivity index (χ2n) is 33.2. The number of primary amides is 1. The average Bonchev–Trinajstić information content (AvgIpc) is 1.68. The number of aromatic amines is 2. The summed E-state index contributed by atoms with van der Waals surface area (Å²) >= 11 is 0.706. The van der Waals surface area contributed by atoms with Crippen LogP contribution in [0.1, 0.15) is 134 Å². The number of H-pyrrole nitrogens is 2. The Bertz CT molecular complexity index is 5030. The molecule has 8 rings (SSSR count). The molecule has 3 fully saturated rings. The Morgan fingerprint density at radius 3 is 1.59 bits per heavy atom. The van der Waals surface area contributed by atoms with E-state index in [1.54, 1.807) is 92.1 Å². The number of aliphatic hydroxyl groups is 1. The zero-order valence-corrected chi connectivity index (χ0v) is 76.1. The normalized spacial score (nSPS) is 24.9. The lowest BCUT2D eigenvalue weighted by Gasteiger charge is -2.36. The average molecular weight is 1880 g/mol. The molecule has 45 heteroatoms. The van der Waals surface area contributed by atoms with Gasteiger partial charge in [0.1, 0.15) is 90.3 Å². The van der Waals surface area contributed by atoms with E-state index in [0.717, 1.165) is 24.5 Å². The molecule has 3 aliphatic heterocycles. The Morgan fingerprint density at radius 1 is 0.511 bits per heavy atom. The summed E-state index contributed by atoms with van der Waals surface area (Å²) < 4.78 is 5.31. The maximum atomic E-state index is 15.8. The molecular formula is C88H122N20O24S. The zero-order chi connectivity index (χ0) is 97.6. The molecular weight excluding hydrogens is 1750 g/mol. The minimum Gasteiger partial charge on any atom is -0.497 e. The lowest BCUT2D eigenvalue weighted by molar-refractivity contribution is -0.149. The number of nitrogens with one attached hydrogen (secondary N) is 12. The third-order valence-corrected chi connectivity index (χ3v) is 24.7. The van der Waals surface area contributed by atoms with Gasteiger partial charge in [-0.25, -0.2) is 0 Å². The molecule has 44 nitrogen and oxygen atoms in total. The van der Waals surface area contributed by atoms with Gasteiger partial charge in [-0.3, -0.25) is 91.1 Å². The van der Waals surface area contributed by atoms with Crippen molar-refractivity contribution in [2.75, 3.05) is 72.5 Å². The van der Waals surface area contributed by atoms with E-state index in [9.17, 15) is 78.0 Å². The van der Waals surface area contributed by atoms with Gasteiger partial charge in [0.05, 0.1) is 31.9 Å². The number of aliphatic hydroxyl groups excluding tert-OH is 1. The molecule has 3 saturated heterocycles. The van der Waals surface area contributed by atoms with Crippen molar-refractivity contribution >= 4 is 146 Å². The minimum atomic E-state index is -1.94. The number of hydrogen-bond acceptors (Lipinski definition) is 24. The molecule has 0 spiro atoms. The largest absolute Gasteiger partial charge is 0.497 e. The predicted molar refractivity (Wildman–Crippen MR) is 482 cm³/mol. The highest BCUT2D eigenvalue weighted by molar-refractivity contribution is 8.00. The smallest absolute Gasteiger partial charge is 0.305 e. The summed E-state index contributed by atoms with van der Waals surface area (Å²) in [6, 6.07) is -2.89. The van der Waals surface area contributed by atoms with E-state index in [1.807, 2.05) is 6.92 Å². The Kier molecular flexibility index (Phi) is 39.8. The molecule has 2 aromatic heterocycles. The van der Waals surface area contributed by atoms with Crippen LogP contribution in [0.25, 0.3) is 21.8 Å². The van der Waals surface area contributed by atoms with Gasteiger partial charge in [-0.05, 0) is 99.4 Å². The zero-order valence-electron chi connectivity index (χ0n) is 75.3. The number of nitrogens with two attached hydrogens (primary N) is 3. The summed E-state index contributed by atoms with van der Waals surface area (Å²) in [4.78, 5) is 284. The van der Waals surface area contributed by atoms with E-state index in [0.29, 0.717) is 75.3 Å². The molecule has 22 N–H and O–H groups in total. The van der Waals surface area contributed by atoms with E-state index >= 15 is 33.6 Å². The topological polar surface area (TPSA) is 661 Å². The van der Waals surface area contributed by atoms with E-state index in [2.05, 4.69) is 63.1 Å². The van der Waals surface area contributed by atoms with Gasteiger partial charge in [0.2, 0.25) is 94.5 Å². The first-order chi connectivity index (χ1) is 63.3. The molecule has 5 heterocycles. The molecule has 1 unspecified atom stereocenters. The van der Waals surface area contributed by atoms with E-state index < -0.39 is 273 Å². The Hall–Kier alpha value is -13.3.